The molecule has 0 bridgehead atoms. The van der Waals surface area contributed by atoms with E-state index < -0.39 is 29.6 Å². The van der Waals surface area contributed by atoms with E-state index >= 15 is 0 Å². The number of hydrogen-bond acceptors (Lipinski definition) is 7. The normalized spacial score (nSPS) is 18.3. The Labute approximate surface area is 223 Å². The SMILES string of the molecule is O=CC1=C(OC(=O)OC(c2ccccc2)c2ccccc2)N2C(=O)[C@@H](NC(=O)Cc3ccccc3)[C@H]2SC1. The van der Waals surface area contributed by atoms with Gasteiger partial charge in [-0.1, -0.05) is 91.0 Å². The summed E-state index contributed by atoms with van der Waals surface area (Å²) in [5.41, 5.74) is 2.45. The minimum atomic E-state index is -1.05. The molecule has 0 unspecified atom stereocenters. The number of carbonyl (C=O) groups excluding carboxylic acids is 4. The Morgan fingerprint density at radius 1 is 0.947 bits per heavy atom. The van der Waals surface area contributed by atoms with Crippen LogP contribution in [0.15, 0.2) is 102 Å². The van der Waals surface area contributed by atoms with Crippen molar-refractivity contribution in [1.82, 2.24) is 10.2 Å². The number of hydrogen-bond donors (Lipinski definition) is 1. The Kier molecular flexibility index (Phi) is 7.55. The zero-order chi connectivity index (χ0) is 26.5. The van der Waals surface area contributed by atoms with Crippen molar-refractivity contribution in [2.45, 2.75) is 23.9 Å². The third kappa shape index (κ3) is 5.33. The molecule has 5 rings (SSSR count). The monoisotopic (exact) mass is 528 g/mol. The molecule has 2 aliphatic heterocycles. The summed E-state index contributed by atoms with van der Waals surface area (Å²) in [5, 5.41) is 2.26. The largest absolute Gasteiger partial charge is 0.516 e. The highest BCUT2D eigenvalue weighted by atomic mass is 32.2. The number of carbonyl (C=O) groups is 4. The average molecular weight is 529 g/mol. The van der Waals surface area contributed by atoms with Crippen LogP contribution in [-0.4, -0.2) is 46.3 Å². The van der Waals surface area contributed by atoms with E-state index in [-0.39, 0.29) is 29.5 Å². The molecule has 0 radical (unpaired) electrons. The Bertz CT molecular complexity index is 1320. The molecule has 9 heteroatoms. The summed E-state index contributed by atoms with van der Waals surface area (Å²) in [6.45, 7) is 0. The molecule has 2 atom stereocenters. The number of rotatable bonds is 8. The number of benzene rings is 3. The molecule has 1 fully saturated rings. The van der Waals surface area contributed by atoms with Crippen LogP contribution in [0.4, 0.5) is 4.79 Å². The summed E-state index contributed by atoms with van der Waals surface area (Å²) in [4.78, 5) is 51.5. The molecule has 1 saturated heterocycles. The lowest BCUT2D eigenvalue weighted by atomic mass is 10.0. The van der Waals surface area contributed by atoms with Gasteiger partial charge in [0.15, 0.2) is 12.4 Å². The quantitative estimate of drug-likeness (QED) is 0.268. The van der Waals surface area contributed by atoms with E-state index in [2.05, 4.69) is 5.32 Å². The third-order valence-corrected chi connectivity index (χ3v) is 7.51. The van der Waals surface area contributed by atoms with Crippen LogP contribution >= 0.6 is 11.8 Å². The second kappa shape index (κ2) is 11.4. The van der Waals surface area contributed by atoms with E-state index in [1.165, 1.54) is 16.7 Å². The molecule has 2 aliphatic rings. The predicted molar refractivity (Wildman–Crippen MR) is 141 cm³/mol. The van der Waals surface area contributed by atoms with Crippen molar-refractivity contribution in [2.24, 2.45) is 0 Å². The Hall–Kier alpha value is -4.37. The van der Waals surface area contributed by atoms with Crippen LogP contribution in [0.1, 0.15) is 22.8 Å². The number of ether oxygens (including phenoxy) is 2. The van der Waals surface area contributed by atoms with Crippen molar-refractivity contribution in [1.29, 1.82) is 0 Å². The van der Waals surface area contributed by atoms with Gasteiger partial charge in [0.05, 0.1) is 12.0 Å². The maximum Gasteiger partial charge on any atom is 0.516 e. The smallest absolute Gasteiger partial charge is 0.421 e. The summed E-state index contributed by atoms with van der Waals surface area (Å²) in [7, 11) is 0. The summed E-state index contributed by atoms with van der Waals surface area (Å²) in [5.74, 6) is -0.706. The van der Waals surface area contributed by atoms with Crippen molar-refractivity contribution in [3.05, 3.63) is 119 Å². The lowest BCUT2D eigenvalue weighted by Crippen LogP contribution is -2.70. The molecular formula is C29H24N2O6S. The number of fused-ring (bicyclic) bond motifs is 1. The van der Waals surface area contributed by atoms with Gasteiger partial charge in [0, 0.05) is 5.75 Å². The van der Waals surface area contributed by atoms with Gasteiger partial charge < -0.3 is 14.8 Å². The lowest BCUT2D eigenvalue weighted by molar-refractivity contribution is -0.149. The van der Waals surface area contributed by atoms with Crippen LogP contribution in [0, 0.1) is 0 Å². The first kappa shape index (κ1) is 25.3. The Balaban J connectivity index is 1.29. The number of β-lactam (4-membered cyclic amide) rings is 1. The van der Waals surface area contributed by atoms with E-state index in [4.69, 9.17) is 9.47 Å². The van der Waals surface area contributed by atoms with E-state index in [9.17, 15) is 19.2 Å². The van der Waals surface area contributed by atoms with E-state index in [0.29, 0.717) is 6.29 Å². The average Bonchev–Trinajstić information content (AvgIpc) is 2.95. The molecule has 0 saturated carbocycles. The van der Waals surface area contributed by atoms with Crippen LogP contribution in [0.5, 0.6) is 0 Å². The predicted octanol–water partition coefficient (Wildman–Crippen LogP) is 3.98. The topological polar surface area (TPSA) is 102 Å². The van der Waals surface area contributed by atoms with Crippen molar-refractivity contribution in [2.75, 3.05) is 5.75 Å². The fourth-order valence-corrected chi connectivity index (χ4v) is 5.63. The molecule has 2 amide bonds. The molecule has 2 heterocycles. The summed E-state index contributed by atoms with van der Waals surface area (Å²) < 4.78 is 11.2. The van der Waals surface area contributed by atoms with Gasteiger partial charge in [0.25, 0.3) is 5.91 Å². The summed E-state index contributed by atoms with van der Waals surface area (Å²) in [6.07, 6.45) is -1.11. The van der Waals surface area contributed by atoms with Crippen molar-refractivity contribution in [3.63, 3.8) is 0 Å². The molecule has 38 heavy (non-hydrogen) atoms. The van der Waals surface area contributed by atoms with Gasteiger partial charge in [0.1, 0.15) is 11.4 Å². The third-order valence-electron chi connectivity index (χ3n) is 6.21. The molecule has 8 nitrogen and oxygen atoms in total. The minimum absolute atomic E-state index is 0.132. The first-order valence-corrected chi connectivity index (χ1v) is 13.0. The molecule has 0 aromatic heterocycles. The minimum Gasteiger partial charge on any atom is -0.421 e. The van der Waals surface area contributed by atoms with Crippen molar-refractivity contribution < 1.29 is 28.7 Å². The fraction of sp³-hybridized carbons (Fsp3) is 0.172. The van der Waals surface area contributed by atoms with Crippen LogP contribution in [0.2, 0.25) is 0 Å². The molecule has 0 spiro atoms. The maximum absolute atomic E-state index is 13.0. The summed E-state index contributed by atoms with van der Waals surface area (Å²) >= 11 is 1.31. The molecule has 3 aromatic rings. The lowest BCUT2D eigenvalue weighted by Gasteiger charge is -2.48. The van der Waals surface area contributed by atoms with E-state index in [1.54, 1.807) is 0 Å². The standard InChI is InChI=1S/C29H24N2O6S/c32-17-22-18-38-28-24(30-23(33)16-19-10-4-1-5-11-19)26(34)31(28)27(22)37-29(35)36-25(20-12-6-2-7-13-20)21-14-8-3-9-15-21/h1-15,17,24-25,28H,16,18H2,(H,30,33)/t24-,28-/m1/s1. The van der Waals surface area contributed by atoms with Gasteiger partial charge in [-0.25, -0.2) is 4.79 Å². The van der Waals surface area contributed by atoms with E-state index in [1.807, 2.05) is 91.0 Å². The molecule has 0 aliphatic carbocycles. The number of amides is 2. The first-order chi connectivity index (χ1) is 18.5. The number of nitrogens with one attached hydrogen (secondary N) is 1. The van der Waals surface area contributed by atoms with Crippen LogP contribution in [0.3, 0.4) is 0 Å². The van der Waals surface area contributed by atoms with Gasteiger partial charge in [0.2, 0.25) is 11.8 Å². The molecule has 3 aromatic carbocycles. The van der Waals surface area contributed by atoms with Crippen LogP contribution in [0.25, 0.3) is 0 Å². The molecule has 192 valence electrons. The first-order valence-electron chi connectivity index (χ1n) is 12.0. The number of nitrogens with zero attached hydrogens (tertiary/aromatic N) is 1. The van der Waals surface area contributed by atoms with E-state index in [0.717, 1.165) is 16.7 Å². The van der Waals surface area contributed by atoms with Gasteiger partial charge in [-0.2, -0.15) is 0 Å². The van der Waals surface area contributed by atoms with Gasteiger partial charge in [-0.3, -0.25) is 19.3 Å². The zero-order valence-electron chi connectivity index (χ0n) is 20.2. The van der Waals surface area contributed by atoms with Crippen molar-refractivity contribution in [3.8, 4) is 0 Å². The second-order valence-corrected chi connectivity index (χ2v) is 9.84. The van der Waals surface area contributed by atoms with Crippen LogP contribution < -0.4 is 5.32 Å². The Morgan fingerprint density at radius 3 is 2.11 bits per heavy atom. The van der Waals surface area contributed by atoms with Crippen LogP contribution in [-0.2, 0) is 30.3 Å². The van der Waals surface area contributed by atoms with Crippen molar-refractivity contribution >= 4 is 36.0 Å². The van der Waals surface area contributed by atoms with Gasteiger partial charge in [-0.15, -0.1) is 11.8 Å². The van der Waals surface area contributed by atoms with Gasteiger partial charge >= 0.3 is 6.16 Å². The highest BCUT2D eigenvalue weighted by Gasteiger charge is 2.54. The number of aldehydes is 1. The van der Waals surface area contributed by atoms with Gasteiger partial charge in [-0.05, 0) is 16.7 Å². The fourth-order valence-electron chi connectivity index (χ4n) is 4.36. The summed E-state index contributed by atoms with van der Waals surface area (Å²) in [6, 6.07) is 26.8. The highest BCUT2D eigenvalue weighted by Crippen LogP contribution is 2.40. The highest BCUT2D eigenvalue weighted by molar-refractivity contribution is 8.00. The molecular weight excluding hydrogens is 504 g/mol. The number of thioether (sulfide) groups is 1. The molecule has 1 N–H and O–H groups in total. The second-order valence-electron chi connectivity index (χ2n) is 8.74. The maximum atomic E-state index is 13.0. The Morgan fingerprint density at radius 2 is 1.53 bits per heavy atom. The zero-order valence-corrected chi connectivity index (χ0v) is 21.0.